The lowest BCUT2D eigenvalue weighted by molar-refractivity contribution is 0.0994. The van der Waals surface area contributed by atoms with Gasteiger partial charge >= 0.3 is 0 Å². The Labute approximate surface area is 89.2 Å². The van der Waals surface area contributed by atoms with Crippen LogP contribution in [-0.4, -0.2) is 12.4 Å². The van der Waals surface area contributed by atoms with Gasteiger partial charge in [-0.15, -0.1) is 0 Å². The molecule has 15 heavy (non-hydrogen) atoms. The summed E-state index contributed by atoms with van der Waals surface area (Å²) in [7, 11) is 0. The number of carbonyl (C=O) groups is 1. The molecule has 2 aliphatic rings. The molecular weight excluding hydrogens is 188 g/mol. The quantitative estimate of drug-likeness (QED) is 0.753. The van der Waals surface area contributed by atoms with Gasteiger partial charge in [0.2, 0.25) is 0 Å². The van der Waals surface area contributed by atoms with Crippen molar-refractivity contribution in [2.75, 3.05) is 6.61 Å². The van der Waals surface area contributed by atoms with Gasteiger partial charge in [-0.3, -0.25) is 4.79 Å². The van der Waals surface area contributed by atoms with E-state index >= 15 is 0 Å². The molecule has 0 radical (unpaired) electrons. The molecule has 1 fully saturated rings. The first kappa shape index (κ1) is 8.96. The first-order valence-corrected chi connectivity index (χ1v) is 5.62. The summed E-state index contributed by atoms with van der Waals surface area (Å²) >= 11 is 0. The molecule has 2 aliphatic carbocycles. The standard InChI is InChI=1S/C13H14O2/c14-13-6-4-10-3-5-11(7-12(10)13)15-8-9-1-2-9/h3,5,7,9H,1-2,4,6,8H2. The Morgan fingerprint density at radius 3 is 2.93 bits per heavy atom. The second kappa shape index (κ2) is 3.37. The molecule has 2 heteroatoms. The summed E-state index contributed by atoms with van der Waals surface area (Å²) in [6, 6.07) is 5.93. The van der Waals surface area contributed by atoms with Gasteiger partial charge in [0.1, 0.15) is 5.75 Å². The summed E-state index contributed by atoms with van der Waals surface area (Å²) in [5.74, 6) is 1.88. The maximum Gasteiger partial charge on any atom is 0.163 e. The van der Waals surface area contributed by atoms with Crippen LogP contribution in [0.1, 0.15) is 35.2 Å². The van der Waals surface area contributed by atoms with E-state index in [0.29, 0.717) is 6.42 Å². The maximum atomic E-state index is 11.5. The molecule has 0 aliphatic heterocycles. The van der Waals surface area contributed by atoms with Gasteiger partial charge in [-0.05, 0) is 42.9 Å². The highest BCUT2D eigenvalue weighted by Gasteiger charge is 2.23. The van der Waals surface area contributed by atoms with Crippen LogP contribution in [0.15, 0.2) is 18.2 Å². The molecule has 78 valence electrons. The molecule has 0 spiro atoms. The SMILES string of the molecule is O=C1CCc2ccc(OCC3CC3)cc21. The minimum absolute atomic E-state index is 0.266. The molecule has 1 saturated carbocycles. The van der Waals surface area contributed by atoms with E-state index in [1.165, 1.54) is 18.4 Å². The summed E-state index contributed by atoms with van der Waals surface area (Å²) in [5.41, 5.74) is 2.06. The van der Waals surface area contributed by atoms with Crippen molar-refractivity contribution in [2.45, 2.75) is 25.7 Å². The normalized spacial score (nSPS) is 19.1. The monoisotopic (exact) mass is 202 g/mol. The maximum absolute atomic E-state index is 11.5. The van der Waals surface area contributed by atoms with Crippen LogP contribution in [0.4, 0.5) is 0 Å². The van der Waals surface area contributed by atoms with Crippen molar-refractivity contribution < 1.29 is 9.53 Å². The fourth-order valence-electron chi connectivity index (χ4n) is 2.00. The molecular formula is C13H14O2. The number of ether oxygens (including phenoxy) is 1. The van der Waals surface area contributed by atoms with Crippen molar-refractivity contribution in [3.63, 3.8) is 0 Å². The average Bonchev–Trinajstić information content (AvgIpc) is 3.02. The molecule has 0 atom stereocenters. The predicted octanol–water partition coefficient (Wildman–Crippen LogP) is 2.60. The highest BCUT2D eigenvalue weighted by atomic mass is 16.5. The molecule has 0 amide bonds. The number of ketones is 1. The van der Waals surface area contributed by atoms with E-state index in [1.807, 2.05) is 18.2 Å². The van der Waals surface area contributed by atoms with Crippen LogP contribution in [0.25, 0.3) is 0 Å². The number of rotatable bonds is 3. The van der Waals surface area contributed by atoms with E-state index in [-0.39, 0.29) is 5.78 Å². The zero-order valence-corrected chi connectivity index (χ0v) is 8.66. The van der Waals surface area contributed by atoms with Crippen LogP contribution in [0, 0.1) is 5.92 Å². The average molecular weight is 202 g/mol. The van der Waals surface area contributed by atoms with E-state index < -0.39 is 0 Å². The summed E-state index contributed by atoms with van der Waals surface area (Å²) in [4.78, 5) is 11.5. The summed E-state index contributed by atoms with van der Waals surface area (Å²) in [5, 5.41) is 0. The van der Waals surface area contributed by atoms with E-state index in [4.69, 9.17) is 4.74 Å². The van der Waals surface area contributed by atoms with Gasteiger partial charge in [-0.25, -0.2) is 0 Å². The summed E-state index contributed by atoms with van der Waals surface area (Å²) in [6.07, 6.45) is 4.16. The first-order valence-electron chi connectivity index (χ1n) is 5.62. The fraction of sp³-hybridized carbons (Fsp3) is 0.462. The molecule has 1 aromatic carbocycles. The Balaban J connectivity index is 1.78. The molecule has 0 unspecified atom stereocenters. The molecule has 2 nitrogen and oxygen atoms in total. The predicted molar refractivity (Wildman–Crippen MR) is 57.3 cm³/mol. The molecule has 0 bridgehead atoms. The highest BCUT2D eigenvalue weighted by Crippen LogP contribution is 2.31. The van der Waals surface area contributed by atoms with Gasteiger partial charge < -0.3 is 4.74 Å². The molecule has 0 aromatic heterocycles. The largest absolute Gasteiger partial charge is 0.493 e. The fourth-order valence-corrected chi connectivity index (χ4v) is 2.00. The van der Waals surface area contributed by atoms with Crippen molar-refractivity contribution >= 4 is 5.78 Å². The number of carbonyl (C=O) groups excluding carboxylic acids is 1. The molecule has 0 N–H and O–H groups in total. The second-order valence-corrected chi connectivity index (χ2v) is 4.50. The summed E-state index contributed by atoms with van der Waals surface area (Å²) in [6.45, 7) is 0.812. The van der Waals surface area contributed by atoms with Gasteiger partial charge in [0.25, 0.3) is 0 Å². The van der Waals surface area contributed by atoms with Crippen LogP contribution in [0.2, 0.25) is 0 Å². The number of aryl methyl sites for hydroxylation is 1. The van der Waals surface area contributed by atoms with Crippen molar-refractivity contribution in [1.29, 1.82) is 0 Å². The Morgan fingerprint density at radius 2 is 2.13 bits per heavy atom. The van der Waals surface area contributed by atoms with Gasteiger partial charge in [0.05, 0.1) is 6.61 Å². The summed E-state index contributed by atoms with van der Waals surface area (Å²) < 4.78 is 5.65. The third kappa shape index (κ3) is 1.76. The van der Waals surface area contributed by atoms with Gasteiger partial charge in [-0.2, -0.15) is 0 Å². The number of hydrogen-bond donors (Lipinski definition) is 0. The van der Waals surface area contributed by atoms with Gasteiger partial charge in [0.15, 0.2) is 5.78 Å². The van der Waals surface area contributed by atoms with Crippen molar-refractivity contribution in [3.8, 4) is 5.75 Å². The smallest absolute Gasteiger partial charge is 0.163 e. The minimum Gasteiger partial charge on any atom is -0.493 e. The number of Topliss-reactive ketones (excluding diaryl/α,β-unsaturated/α-hetero) is 1. The van der Waals surface area contributed by atoms with Gasteiger partial charge in [-0.1, -0.05) is 6.07 Å². The zero-order chi connectivity index (χ0) is 10.3. The van der Waals surface area contributed by atoms with E-state index in [9.17, 15) is 4.79 Å². The van der Waals surface area contributed by atoms with Crippen LogP contribution in [0.5, 0.6) is 5.75 Å². The Morgan fingerprint density at radius 1 is 1.27 bits per heavy atom. The third-order valence-electron chi connectivity index (χ3n) is 3.19. The van der Waals surface area contributed by atoms with Crippen molar-refractivity contribution in [2.24, 2.45) is 5.92 Å². The Hall–Kier alpha value is -1.31. The van der Waals surface area contributed by atoms with Crippen LogP contribution in [-0.2, 0) is 6.42 Å². The van der Waals surface area contributed by atoms with E-state index in [2.05, 4.69) is 0 Å². The van der Waals surface area contributed by atoms with Crippen LogP contribution < -0.4 is 4.74 Å². The van der Waals surface area contributed by atoms with Crippen LogP contribution in [0.3, 0.4) is 0 Å². The highest BCUT2D eigenvalue weighted by molar-refractivity contribution is 6.00. The van der Waals surface area contributed by atoms with E-state index in [0.717, 1.165) is 30.3 Å². The number of fused-ring (bicyclic) bond motifs is 1. The minimum atomic E-state index is 0.266. The molecule has 3 rings (SSSR count). The zero-order valence-electron chi connectivity index (χ0n) is 8.66. The lowest BCUT2D eigenvalue weighted by Crippen LogP contribution is -2.00. The topological polar surface area (TPSA) is 26.3 Å². The Kier molecular flexibility index (Phi) is 2.01. The third-order valence-corrected chi connectivity index (χ3v) is 3.19. The lowest BCUT2D eigenvalue weighted by atomic mass is 10.1. The van der Waals surface area contributed by atoms with Crippen LogP contribution >= 0.6 is 0 Å². The molecule has 0 saturated heterocycles. The first-order chi connectivity index (χ1) is 7.33. The van der Waals surface area contributed by atoms with Crippen molar-refractivity contribution in [3.05, 3.63) is 29.3 Å². The number of hydrogen-bond acceptors (Lipinski definition) is 2. The lowest BCUT2D eigenvalue weighted by Gasteiger charge is -2.06. The number of benzene rings is 1. The second-order valence-electron chi connectivity index (χ2n) is 4.50. The van der Waals surface area contributed by atoms with Crippen molar-refractivity contribution in [1.82, 2.24) is 0 Å². The van der Waals surface area contributed by atoms with Gasteiger partial charge in [0, 0.05) is 12.0 Å². The molecule has 1 aromatic rings. The molecule has 0 heterocycles. The van der Waals surface area contributed by atoms with E-state index in [1.54, 1.807) is 0 Å². The Bertz CT molecular complexity index is 405.